The zero-order valence-electron chi connectivity index (χ0n) is 15.2. The van der Waals surface area contributed by atoms with Crippen molar-refractivity contribution in [2.24, 2.45) is 5.92 Å². The SMILES string of the molecule is CC(CCNc1cc(NC(=O)OC(C)(C)C(F)(F)F)ccc1O)CC(=O)O. The Morgan fingerprint density at radius 1 is 1.26 bits per heavy atom. The van der Waals surface area contributed by atoms with Gasteiger partial charge in [-0.05, 0) is 44.4 Å². The van der Waals surface area contributed by atoms with E-state index in [4.69, 9.17) is 5.11 Å². The van der Waals surface area contributed by atoms with Crippen molar-refractivity contribution < 1.29 is 37.7 Å². The normalized spacial score (nSPS) is 13.0. The van der Waals surface area contributed by atoms with E-state index in [1.807, 2.05) is 0 Å². The number of amides is 1. The summed E-state index contributed by atoms with van der Waals surface area (Å²) in [7, 11) is 0. The van der Waals surface area contributed by atoms with Crippen LogP contribution in [0.25, 0.3) is 0 Å². The van der Waals surface area contributed by atoms with Crippen LogP contribution in [0.2, 0.25) is 0 Å². The molecule has 0 saturated heterocycles. The molecule has 0 saturated carbocycles. The molecule has 0 radical (unpaired) electrons. The second-order valence-corrected chi connectivity index (χ2v) is 6.67. The van der Waals surface area contributed by atoms with Gasteiger partial charge in [0.25, 0.3) is 0 Å². The summed E-state index contributed by atoms with van der Waals surface area (Å²) < 4.78 is 42.7. The first kappa shape index (κ1) is 22.4. The largest absolute Gasteiger partial charge is 0.506 e. The lowest BCUT2D eigenvalue weighted by Gasteiger charge is -2.27. The van der Waals surface area contributed by atoms with E-state index in [0.29, 0.717) is 13.0 Å². The van der Waals surface area contributed by atoms with E-state index in [2.05, 4.69) is 15.4 Å². The van der Waals surface area contributed by atoms with Crippen LogP contribution in [0.3, 0.4) is 0 Å². The van der Waals surface area contributed by atoms with Crippen LogP contribution in [0.1, 0.15) is 33.6 Å². The predicted octanol–water partition coefficient (Wildman–Crippen LogP) is 4.19. The molecule has 0 spiro atoms. The van der Waals surface area contributed by atoms with Crippen LogP contribution in [0.5, 0.6) is 5.75 Å². The average Bonchev–Trinajstić information content (AvgIpc) is 2.47. The zero-order chi connectivity index (χ0) is 20.8. The third-order valence-corrected chi connectivity index (χ3v) is 3.75. The number of hydrogen-bond acceptors (Lipinski definition) is 5. The van der Waals surface area contributed by atoms with Gasteiger partial charge in [0.05, 0.1) is 5.69 Å². The number of phenols is 1. The minimum atomic E-state index is -4.72. The number of aromatic hydroxyl groups is 1. The van der Waals surface area contributed by atoms with Crippen molar-refractivity contribution in [2.45, 2.75) is 45.4 Å². The fraction of sp³-hybridized carbons (Fsp3) is 0.529. The second kappa shape index (κ2) is 8.83. The highest BCUT2D eigenvalue weighted by Gasteiger charge is 2.50. The van der Waals surface area contributed by atoms with Gasteiger partial charge in [-0.3, -0.25) is 10.1 Å². The number of rotatable bonds is 8. The van der Waals surface area contributed by atoms with Crippen molar-refractivity contribution in [1.82, 2.24) is 0 Å². The Morgan fingerprint density at radius 3 is 2.44 bits per heavy atom. The monoisotopic (exact) mass is 392 g/mol. The Bertz CT molecular complexity index is 677. The molecule has 1 amide bonds. The highest BCUT2D eigenvalue weighted by molar-refractivity contribution is 5.86. The summed E-state index contributed by atoms with van der Waals surface area (Å²) in [5.74, 6) is -1.12. The van der Waals surface area contributed by atoms with Gasteiger partial charge in [0.2, 0.25) is 5.60 Å². The number of carbonyl (C=O) groups excluding carboxylic acids is 1. The number of carboxylic acid groups (broad SMARTS) is 1. The summed E-state index contributed by atoms with van der Waals surface area (Å²) in [6, 6.07) is 3.89. The number of ether oxygens (including phenoxy) is 1. The van der Waals surface area contributed by atoms with Crippen molar-refractivity contribution in [1.29, 1.82) is 0 Å². The molecule has 1 unspecified atom stereocenters. The van der Waals surface area contributed by atoms with E-state index in [9.17, 15) is 27.9 Å². The van der Waals surface area contributed by atoms with Gasteiger partial charge in [0.1, 0.15) is 5.75 Å². The Morgan fingerprint density at radius 2 is 1.89 bits per heavy atom. The minimum absolute atomic E-state index is 0.0100. The average molecular weight is 392 g/mol. The lowest BCUT2D eigenvalue weighted by molar-refractivity contribution is -0.242. The van der Waals surface area contributed by atoms with Crippen LogP contribution in [-0.4, -0.2) is 40.6 Å². The summed E-state index contributed by atoms with van der Waals surface area (Å²) in [5, 5.41) is 23.6. The number of aliphatic carboxylic acids is 1. The van der Waals surface area contributed by atoms with Crippen LogP contribution in [0.15, 0.2) is 18.2 Å². The van der Waals surface area contributed by atoms with Crippen molar-refractivity contribution in [3.8, 4) is 5.75 Å². The van der Waals surface area contributed by atoms with E-state index in [1.54, 1.807) is 6.92 Å². The van der Waals surface area contributed by atoms with Crippen LogP contribution >= 0.6 is 0 Å². The van der Waals surface area contributed by atoms with E-state index in [-0.39, 0.29) is 29.5 Å². The molecule has 1 rings (SSSR count). The van der Waals surface area contributed by atoms with Crippen LogP contribution in [0.4, 0.5) is 29.3 Å². The third kappa shape index (κ3) is 7.24. The minimum Gasteiger partial charge on any atom is -0.506 e. The molecule has 1 aromatic carbocycles. The van der Waals surface area contributed by atoms with E-state index in [0.717, 1.165) is 13.8 Å². The first-order chi connectivity index (χ1) is 12.3. The lowest BCUT2D eigenvalue weighted by Crippen LogP contribution is -2.44. The maximum Gasteiger partial charge on any atom is 0.427 e. The van der Waals surface area contributed by atoms with Crippen LogP contribution < -0.4 is 10.6 Å². The standard InChI is InChI=1S/C17H23F3N2O5/c1-10(8-14(24)25)6-7-21-12-9-11(4-5-13(12)23)22-15(26)27-16(2,3)17(18,19)20/h4-5,9-10,21,23H,6-8H2,1-3H3,(H,22,26)(H,24,25). The molecule has 7 nitrogen and oxygen atoms in total. The van der Waals surface area contributed by atoms with Crippen molar-refractivity contribution >= 4 is 23.4 Å². The predicted molar refractivity (Wildman–Crippen MR) is 92.9 cm³/mol. The molecule has 0 aromatic heterocycles. The summed E-state index contributed by atoms with van der Waals surface area (Å²) >= 11 is 0. The summed E-state index contributed by atoms with van der Waals surface area (Å²) in [6.07, 6.45) is -5.48. The third-order valence-electron chi connectivity index (χ3n) is 3.75. The quantitative estimate of drug-likeness (QED) is 0.390. The zero-order valence-corrected chi connectivity index (χ0v) is 15.2. The van der Waals surface area contributed by atoms with Crippen LogP contribution in [-0.2, 0) is 9.53 Å². The number of anilines is 2. The maximum atomic E-state index is 12.7. The van der Waals surface area contributed by atoms with Gasteiger partial charge in [-0.25, -0.2) is 4.79 Å². The lowest BCUT2D eigenvalue weighted by atomic mass is 10.0. The van der Waals surface area contributed by atoms with Gasteiger partial charge in [0.15, 0.2) is 0 Å². The molecule has 1 atom stereocenters. The maximum absolute atomic E-state index is 12.7. The molecule has 10 heteroatoms. The molecule has 152 valence electrons. The molecule has 0 bridgehead atoms. The molecular weight excluding hydrogens is 369 g/mol. The van der Waals surface area contributed by atoms with E-state index in [1.165, 1.54) is 18.2 Å². The fourth-order valence-electron chi connectivity index (χ4n) is 2.04. The number of hydrogen-bond donors (Lipinski definition) is 4. The van der Waals surface area contributed by atoms with Gasteiger partial charge in [-0.2, -0.15) is 13.2 Å². The fourth-order valence-corrected chi connectivity index (χ4v) is 2.04. The Labute approximate surface area is 154 Å². The Kier molecular flexibility index (Phi) is 7.32. The highest BCUT2D eigenvalue weighted by Crippen LogP contribution is 2.33. The number of benzene rings is 1. The van der Waals surface area contributed by atoms with E-state index >= 15 is 0 Å². The first-order valence-electron chi connectivity index (χ1n) is 8.17. The number of carbonyl (C=O) groups is 2. The molecule has 4 N–H and O–H groups in total. The van der Waals surface area contributed by atoms with Gasteiger partial charge in [-0.1, -0.05) is 6.92 Å². The molecule has 27 heavy (non-hydrogen) atoms. The topological polar surface area (TPSA) is 108 Å². The molecule has 1 aromatic rings. The number of alkyl halides is 3. The summed E-state index contributed by atoms with van der Waals surface area (Å²) in [4.78, 5) is 22.3. The number of nitrogens with one attached hydrogen (secondary N) is 2. The first-order valence-corrected chi connectivity index (χ1v) is 8.17. The van der Waals surface area contributed by atoms with Gasteiger partial charge in [0, 0.05) is 18.7 Å². The number of carboxylic acids is 1. The smallest absolute Gasteiger partial charge is 0.427 e. The molecule has 0 aliphatic heterocycles. The van der Waals surface area contributed by atoms with Gasteiger partial charge >= 0.3 is 18.2 Å². The highest BCUT2D eigenvalue weighted by atomic mass is 19.4. The molecular formula is C17H23F3N2O5. The van der Waals surface area contributed by atoms with Crippen molar-refractivity contribution in [3.63, 3.8) is 0 Å². The summed E-state index contributed by atoms with van der Waals surface area (Å²) in [5.41, 5.74) is -2.29. The molecule has 0 heterocycles. The van der Waals surface area contributed by atoms with Crippen molar-refractivity contribution in [2.75, 3.05) is 17.2 Å². The van der Waals surface area contributed by atoms with Gasteiger partial charge < -0.3 is 20.3 Å². The van der Waals surface area contributed by atoms with E-state index < -0.39 is 23.8 Å². The Balaban J connectivity index is 2.67. The molecule has 0 aliphatic carbocycles. The second-order valence-electron chi connectivity index (χ2n) is 6.67. The molecule has 0 fully saturated rings. The summed E-state index contributed by atoms with van der Waals surface area (Å²) in [6.45, 7) is 3.59. The van der Waals surface area contributed by atoms with Crippen molar-refractivity contribution in [3.05, 3.63) is 18.2 Å². The number of halogens is 3. The van der Waals surface area contributed by atoms with Gasteiger partial charge in [-0.15, -0.1) is 0 Å². The molecule has 0 aliphatic rings. The number of phenolic OH excluding ortho intramolecular Hbond substituents is 1. The van der Waals surface area contributed by atoms with Crippen LogP contribution in [0, 0.1) is 5.92 Å². The Hall–Kier alpha value is -2.65.